The lowest BCUT2D eigenvalue weighted by molar-refractivity contribution is -0.150. The summed E-state index contributed by atoms with van der Waals surface area (Å²) >= 11 is 0. The van der Waals surface area contributed by atoms with Gasteiger partial charge in [-0.25, -0.2) is 4.79 Å². The largest absolute Gasteiger partial charge is 0.459 e. The predicted molar refractivity (Wildman–Crippen MR) is 125 cm³/mol. The predicted octanol–water partition coefficient (Wildman–Crippen LogP) is 5.81. The number of carbonyl (C=O) groups excluding carboxylic acids is 2. The Morgan fingerprint density at radius 2 is 1.94 bits per heavy atom. The highest BCUT2D eigenvalue weighted by Crippen LogP contribution is 2.43. The van der Waals surface area contributed by atoms with Crippen LogP contribution in [0.5, 0.6) is 0 Å². The zero-order valence-electron chi connectivity index (χ0n) is 19.7. The zero-order valence-corrected chi connectivity index (χ0v) is 19.7. The van der Waals surface area contributed by atoms with E-state index in [0.717, 1.165) is 32.0 Å². The van der Waals surface area contributed by atoms with Crippen LogP contribution in [0.25, 0.3) is 0 Å². The third-order valence-electron chi connectivity index (χ3n) is 6.62. The molecule has 0 heterocycles. The van der Waals surface area contributed by atoms with Crippen molar-refractivity contribution in [2.24, 2.45) is 11.8 Å². The third kappa shape index (κ3) is 7.46. The number of hydrogen-bond donors (Lipinski definition) is 0. The monoisotopic (exact) mass is 426 g/mol. The quantitative estimate of drug-likeness (QED) is 0.269. The lowest BCUT2D eigenvalue weighted by Crippen LogP contribution is -2.43. The van der Waals surface area contributed by atoms with Gasteiger partial charge in [0.1, 0.15) is 12.4 Å². The van der Waals surface area contributed by atoms with Gasteiger partial charge in [-0.3, -0.25) is 4.79 Å². The van der Waals surface area contributed by atoms with Crippen LogP contribution in [0.15, 0.2) is 54.1 Å². The molecule has 0 saturated heterocycles. The minimum Gasteiger partial charge on any atom is -0.459 e. The topological polar surface area (TPSA) is 52.6 Å². The average molecular weight is 427 g/mol. The molecule has 0 N–H and O–H groups in total. The first-order valence-corrected chi connectivity index (χ1v) is 11.4. The lowest BCUT2D eigenvalue weighted by atomic mass is 9.64. The summed E-state index contributed by atoms with van der Waals surface area (Å²) in [5, 5.41) is 0. The Labute approximate surface area is 187 Å². The van der Waals surface area contributed by atoms with E-state index in [0.29, 0.717) is 17.9 Å². The minimum atomic E-state index is -0.311. The van der Waals surface area contributed by atoms with E-state index < -0.39 is 0 Å². The Morgan fingerprint density at radius 1 is 1.23 bits per heavy atom. The molecule has 31 heavy (non-hydrogen) atoms. The van der Waals surface area contributed by atoms with Gasteiger partial charge in [-0.1, -0.05) is 63.6 Å². The highest BCUT2D eigenvalue weighted by Gasteiger charge is 2.41. The van der Waals surface area contributed by atoms with Crippen molar-refractivity contribution < 1.29 is 19.1 Å². The number of hydrogen-bond acceptors (Lipinski definition) is 4. The minimum absolute atomic E-state index is 0.0755. The number of ether oxygens (including phenoxy) is 2. The standard InChI is InChI=1S/C27H38O4/c1-20-14-16-24(27(3,4)22-11-7-6-8-12-22)25(18-20)31-26(29)17-15-23(30-5)13-9-10-21(2)19-28/h6-8,10-12,15,17,19-20,23-25H,9,13-14,16,18H2,1-5H3/b17-15+,21-10+/t20-,23-,24-,25-/m1/s1. The molecule has 1 aliphatic carbocycles. The molecule has 1 aromatic carbocycles. The van der Waals surface area contributed by atoms with Crippen molar-refractivity contribution in [3.8, 4) is 0 Å². The second-order valence-electron chi connectivity index (χ2n) is 9.36. The van der Waals surface area contributed by atoms with Crippen LogP contribution >= 0.6 is 0 Å². The van der Waals surface area contributed by atoms with E-state index in [1.165, 1.54) is 11.6 Å². The van der Waals surface area contributed by atoms with Crippen LogP contribution in [0, 0.1) is 11.8 Å². The fourth-order valence-corrected chi connectivity index (χ4v) is 4.56. The average Bonchev–Trinajstić information content (AvgIpc) is 2.76. The summed E-state index contributed by atoms with van der Waals surface area (Å²) in [4.78, 5) is 23.3. The smallest absolute Gasteiger partial charge is 0.330 e. The van der Waals surface area contributed by atoms with Crippen molar-refractivity contribution in [1.82, 2.24) is 0 Å². The molecule has 2 rings (SSSR count). The fraction of sp³-hybridized carbons (Fsp3) is 0.556. The number of allylic oxidation sites excluding steroid dienone is 2. The molecule has 4 heteroatoms. The molecule has 170 valence electrons. The summed E-state index contributed by atoms with van der Waals surface area (Å²) in [6, 6.07) is 10.5. The molecule has 1 aliphatic rings. The molecule has 0 aromatic heterocycles. The van der Waals surface area contributed by atoms with E-state index in [1.807, 2.05) is 12.1 Å². The van der Waals surface area contributed by atoms with Crippen molar-refractivity contribution in [2.75, 3.05) is 7.11 Å². The molecule has 0 unspecified atom stereocenters. The molecule has 0 spiro atoms. The summed E-state index contributed by atoms with van der Waals surface area (Å²) in [7, 11) is 1.62. The van der Waals surface area contributed by atoms with Crippen molar-refractivity contribution in [1.29, 1.82) is 0 Å². The summed E-state index contributed by atoms with van der Waals surface area (Å²) < 4.78 is 11.4. The molecule has 4 atom stereocenters. The Kier molecular flexibility index (Phi) is 9.70. The second-order valence-corrected chi connectivity index (χ2v) is 9.36. The van der Waals surface area contributed by atoms with Gasteiger partial charge in [-0.2, -0.15) is 0 Å². The SMILES string of the molecule is CO[C@@H](/C=C/C(=O)O[C@@H]1C[C@H](C)CC[C@H]1C(C)(C)c1ccccc1)CC/C=C(\C)C=O. The molecule has 1 saturated carbocycles. The highest BCUT2D eigenvalue weighted by molar-refractivity contribution is 5.82. The molecule has 0 bridgehead atoms. The van der Waals surface area contributed by atoms with Crippen LogP contribution in [0.4, 0.5) is 0 Å². The molecular weight excluding hydrogens is 388 g/mol. The summed E-state index contributed by atoms with van der Waals surface area (Å²) in [5.74, 6) is 0.511. The molecule has 0 amide bonds. The van der Waals surface area contributed by atoms with E-state index >= 15 is 0 Å². The van der Waals surface area contributed by atoms with Gasteiger partial charge in [0.25, 0.3) is 0 Å². The second kappa shape index (κ2) is 12.0. The highest BCUT2D eigenvalue weighted by atomic mass is 16.5. The molecule has 1 fully saturated rings. The molecule has 0 aliphatic heterocycles. The van der Waals surface area contributed by atoms with Crippen molar-refractivity contribution in [3.05, 3.63) is 59.7 Å². The van der Waals surface area contributed by atoms with Crippen LogP contribution in [0.2, 0.25) is 0 Å². The van der Waals surface area contributed by atoms with Gasteiger partial charge >= 0.3 is 5.97 Å². The zero-order chi connectivity index (χ0) is 22.9. The van der Waals surface area contributed by atoms with E-state index in [4.69, 9.17) is 9.47 Å². The lowest BCUT2D eigenvalue weighted by Gasteiger charge is -2.43. The first-order valence-electron chi connectivity index (χ1n) is 11.4. The maximum absolute atomic E-state index is 12.7. The van der Waals surface area contributed by atoms with Crippen molar-refractivity contribution >= 4 is 12.3 Å². The van der Waals surface area contributed by atoms with E-state index in [9.17, 15) is 9.59 Å². The Hall–Kier alpha value is -2.20. The Balaban J connectivity index is 2.04. The van der Waals surface area contributed by atoms with Crippen LogP contribution < -0.4 is 0 Å². The fourth-order valence-electron chi connectivity index (χ4n) is 4.56. The Bertz CT molecular complexity index is 763. The maximum Gasteiger partial charge on any atom is 0.330 e. The number of rotatable bonds is 10. The Morgan fingerprint density at radius 3 is 2.58 bits per heavy atom. The van der Waals surface area contributed by atoms with Crippen LogP contribution in [-0.2, 0) is 24.5 Å². The summed E-state index contributed by atoms with van der Waals surface area (Å²) in [6.45, 7) is 8.53. The number of aldehydes is 1. The van der Waals surface area contributed by atoms with E-state index in [-0.39, 0.29) is 29.5 Å². The molecule has 4 nitrogen and oxygen atoms in total. The molecule has 0 radical (unpaired) electrons. The van der Waals surface area contributed by atoms with Gasteiger partial charge in [-0.15, -0.1) is 0 Å². The third-order valence-corrected chi connectivity index (χ3v) is 6.62. The summed E-state index contributed by atoms with van der Waals surface area (Å²) in [6.07, 6.45) is 10.2. The number of esters is 1. The van der Waals surface area contributed by atoms with Crippen molar-refractivity contribution in [2.45, 2.75) is 77.4 Å². The number of carbonyl (C=O) groups is 2. The van der Waals surface area contributed by atoms with Gasteiger partial charge in [-0.05, 0) is 61.2 Å². The van der Waals surface area contributed by atoms with E-state index in [1.54, 1.807) is 20.1 Å². The molecular formula is C27H38O4. The maximum atomic E-state index is 12.7. The van der Waals surface area contributed by atoms with Crippen LogP contribution in [0.1, 0.15) is 65.4 Å². The first-order chi connectivity index (χ1) is 14.8. The van der Waals surface area contributed by atoms with Gasteiger partial charge < -0.3 is 9.47 Å². The number of methoxy groups -OCH3 is 1. The first kappa shape index (κ1) is 25.1. The van der Waals surface area contributed by atoms with Gasteiger partial charge in [0.05, 0.1) is 6.10 Å². The number of benzene rings is 1. The van der Waals surface area contributed by atoms with Gasteiger partial charge in [0.2, 0.25) is 0 Å². The van der Waals surface area contributed by atoms with Crippen LogP contribution in [0.3, 0.4) is 0 Å². The van der Waals surface area contributed by atoms with Gasteiger partial charge in [0.15, 0.2) is 0 Å². The summed E-state index contributed by atoms with van der Waals surface area (Å²) in [5.41, 5.74) is 1.91. The van der Waals surface area contributed by atoms with Crippen LogP contribution in [-0.4, -0.2) is 31.6 Å². The van der Waals surface area contributed by atoms with Crippen molar-refractivity contribution in [3.63, 3.8) is 0 Å². The normalized spacial score (nSPS) is 23.5. The molecule has 1 aromatic rings. The van der Waals surface area contributed by atoms with Gasteiger partial charge in [0, 0.05) is 19.1 Å². The van der Waals surface area contributed by atoms with E-state index in [2.05, 4.69) is 45.0 Å².